The Morgan fingerprint density at radius 3 is 2.09 bits per heavy atom. The first-order chi connectivity index (χ1) is 9.86. The summed E-state index contributed by atoms with van der Waals surface area (Å²) in [4.78, 5) is 0. The van der Waals surface area contributed by atoms with E-state index in [1.807, 2.05) is 6.07 Å². The summed E-state index contributed by atoms with van der Waals surface area (Å²) >= 11 is 0. The number of rotatable bonds is 4. The highest BCUT2D eigenvalue weighted by atomic mass is 35.5. The number of halogens is 1. The Hall–Kier alpha value is -1.12. The predicted molar refractivity (Wildman–Crippen MR) is 93.9 cm³/mol. The zero-order valence-electron chi connectivity index (χ0n) is 13.8. The summed E-state index contributed by atoms with van der Waals surface area (Å²) in [6.45, 7) is 6.42. The number of phenols is 1. The van der Waals surface area contributed by atoms with Crippen LogP contribution in [0.1, 0.15) is 37.5 Å². The van der Waals surface area contributed by atoms with Crippen LogP contribution in [0.25, 0.3) is 0 Å². The SMILES string of the molecule is C[S+](Cc1ccccc1)Cc1ccc(O)c(C(C)(C)C)c1.[Cl-]. The first kappa shape index (κ1) is 18.9. The number of hydrogen-bond acceptors (Lipinski definition) is 1. The van der Waals surface area contributed by atoms with Gasteiger partial charge in [0, 0.05) is 11.1 Å². The molecule has 0 saturated heterocycles. The van der Waals surface area contributed by atoms with Gasteiger partial charge in [0.05, 0.1) is 6.26 Å². The van der Waals surface area contributed by atoms with Gasteiger partial charge in [-0.3, -0.25) is 0 Å². The first-order valence-corrected chi connectivity index (χ1v) is 9.29. The van der Waals surface area contributed by atoms with Gasteiger partial charge < -0.3 is 17.5 Å². The molecule has 0 saturated carbocycles. The molecule has 1 nitrogen and oxygen atoms in total. The van der Waals surface area contributed by atoms with Crippen molar-refractivity contribution >= 4 is 10.9 Å². The zero-order valence-corrected chi connectivity index (χ0v) is 15.3. The second kappa shape index (κ2) is 7.94. The maximum atomic E-state index is 10.0. The lowest BCUT2D eigenvalue weighted by molar-refractivity contribution is -0.00000602. The summed E-state index contributed by atoms with van der Waals surface area (Å²) in [7, 11) is 0.305. The molecule has 2 rings (SSSR count). The van der Waals surface area contributed by atoms with Gasteiger partial charge in [-0.05, 0) is 34.0 Å². The third-order valence-corrected chi connectivity index (χ3v) is 5.19. The highest BCUT2D eigenvalue weighted by Gasteiger charge is 2.20. The highest BCUT2D eigenvalue weighted by molar-refractivity contribution is 7.94. The molecule has 0 aliphatic rings. The molecule has 0 aromatic heterocycles. The molecular formula is C19H25ClOS. The Morgan fingerprint density at radius 1 is 0.909 bits per heavy atom. The zero-order chi connectivity index (χ0) is 15.5. The van der Waals surface area contributed by atoms with Crippen molar-refractivity contribution in [2.45, 2.75) is 37.7 Å². The minimum Gasteiger partial charge on any atom is -1.00 e. The lowest BCUT2D eigenvalue weighted by Crippen LogP contribution is -3.00. The van der Waals surface area contributed by atoms with Crippen LogP contribution in [0.3, 0.4) is 0 Å². The molecule has 3 heteroatoms. The van der Waals surface area contributed by atoms with Crippen molar-refractivity contribution in [3.05, 3.63) is 65.2 Å². The molecule has 0 fully saturated rings. The van der Waals surface area contributed by atoms with E-state index in [2.05, 4.69) is 69.5 Å². The third kappa shape index (κ3) is 5.26. The number of aromatic hydroxyl groups is 1. The lowest BCUT2D eigenvalue weighted by Gasteiger charge is -2.21. The molecule has 0 amide bonds. The maximum Gasteiger partial charge on any atom is 0.133 e. The average Bonchev–Trinajstić information content (AvgIpc) is 2.41. The second-order valence-corrected chi connectivity index (χ2v) is 8.80. The van der Waals surface area contributed by atoms with Crippen LogP contribution in [0.5, 0.6) is 5.75 Å². The quantitative estimate of drug-likeness (QED) is 0.842. The van der Waals surface area contributed by atoms with E-state index in [1.165, 1.54) is 11.1 Å². The molecule has 2 aromatic rings. The maximum absolute atomic E-state index is 10.0. The molecule has 2 aromatic carbocycles. The van der Waals surface area contributed by atoms with Gasteiger partial charge in [-0.25, -0.2) is 0 Å². The molecule has 0 spiro atoms. The van der Waals surface area contributed by atoms with E-state index in [0.29, 0.717) is 16.6 Å². The van der Waals surface area contributed by atoms with Crippen molar-refractivity contribution in [2.75, 3.05) is 6.26 Å². The van der Waals surface area contributed by atoms with E-state index in [9.17, 15) is 5.11 Å². The van der Waals surface area contributed by atoms with Crippen molar-refractivity contribution in [1.29, 1.82) is 0 Å². The molecular weight excluding hydrogens is 312 g/mol. The fraction of sp³-hybridized carbons (Fsp3) is 0.368. The predicted octanol–water partition coefficient (Wildman–Crippen LogP) is 1.64. The van der Waals surface area contributed by atoms with Gasteiger partial charge in [0.15, 0.2) is 0 Å². The molecule has 0 bridgehead atoms. The summed E-state index contributed by atoms with van der Waals surface area (Å²) in [5.74, 6) is 2.59. The van der Waals surface area contributed by atoms with E-state index in [0.717, 1.165) is 17.1 Å². The molecule has 0 heterocycles. The molecule has 120 valence electrons. The van der Waals surface area contributed by atoms with E-state index < -0.39 is 0 Å². The summed E-state index contributed by atoms with van der Waals surface area (Å²) in [5, 5.41) is 10.0. The topological polar surface area (TPSA) is 20.2 Å². The summed E-state index contributed by atoms with van der Waals surface area (Å²) in [5.41, 5.74) is 3.74. The third-order valence-electron chi connectivity index (χ3n) is 3.54. The Morgan fingerprint density at radius 2 is 1.50 bits per heavy atom. The normalized spacial score (nSPS) is 12.5. The number of hydrogen-bond donors (Lipinski definition) is 1. The van der Waals surface area contributed by atoms with Crippen LogP contribution in [0.15, 0.2) is 48.5 Å². The molecule has 0 aliphatic carbocycles. The van der Waals surface area contributed by atoms with Crippen molar-refractivity contribution in [2.24, 2.45) is 0 Å². The van der Waals surface area contributed by atoms with Crippen LogP contribution in [-0.2, 0) is 27.8 Å². The van der Waals surface area contributed by atoms with Gasteiger partial charge in [-0.2, -0.15) is 0 Å². The average molecular weight is 337 g/mol. The van der Waals surface area contributed by atoms with Crippen LogP contribution < -0.4 is 12.4 Å². The summed E-state index contributed by atoms with van der Waals surface area (Å²) in [6, 6.07) is 16.7. The van der Waals surface area contributed by atoms with Gasteiger partial charge in [0.1, 0.15) is 17.3 Å². The van der Waals surface area contributed by atoms with Crippen LogP contribution in [0.2, 0.25) is 0 Å². The lowest BCUT2D eigenvalue weighted by atomic mass is 9.85. The van der Waals surface area contributed by atoms with Crippen LogP contribution in [0.4, 0.5) is 0 Å². The number of phenolic OH excluding ortho intramolecular Hbond substituents is 1. The van der Waals surface area contributed by atoms with Crippen molar-refractivity contribution in [3.63, 3.8) is 0 Å². The van der Waals surface area contributed by atoms with Gasteiger partial charge in [0.25, 0.3) is 0 Å². The number of benzene rings is 2. The minimum atomic E-state index is -0.0220. The van der Waals surface area contributed by atoms with E-state index >= 15 is 0 Å². The van der Waals surface area contributed by atoms with Crippen molar-refractivity contribution in [3.8, 4) is 5.75 Å². The highest BCUT2D eigenvalue weighted by Crippen LogP contribution is 2.31. The van der Waals surface area contributed by atoms with Gasteiger partial charge in [-0.1, -0.05) is 57.2 Å². The van der Waals surface area contributed by atoms with E-state index in [-0.39, 0.29) is 17.8 Å². The summed E-state index contributed by atoms with van der Waals surface area (Å²) < 4.78 is 0. The Kier molecular flexibility index (Phi) is 6.83. The first-order valence-electron chi connectivity index (χ1n) is 7.32. The Balaban J connectivity index is 0.00000242. The largest absolute Gasteiger partial charge is 1.00 e. The van der Waals surface area contributed by atoms with Crippen LogP contribution in [-0.4, -0.2) is 11.4 Å². The van der Waals surface area contributed by atoms with E-state index in [4.69, 9.17) is 0 Å². The van der Waals surface area contributed by atoms with Crippen molar-refractivity contribution < 1.29 is 17.5 Å². The monoisotopic (exact) mass is 336 g/mol. The smallest absolute Gasteiger partial charge is 0.133 e. The minimum absolute atomic E-state index is 0. The molecule has 1 unspecified atom stereocenters. The van der Waals surface area contributed by atoms with Crippen LogP contribution in [0, 0.1) is 0 Å². The molecule has 1 atom stereocenters. The molecule has 0 radical (unpaired) electrons. The van der Waals surface area contributed by atoms with Gasteiger partial charge in [0.2, 0.25) is 0 Å². The van der Waals surface area contributed by atoms with E-state index in [1.54, 1.807) is 0 Å². The van der Waals surface area contributed by atoms with Gasteiger partial charge in [-0.15, -0.1) is 0 Å². The van der Waals surface area contributed by atoms with Gasteiger partial charge >= 0.3 is 0 Å². The molecule has 0 aliphatic heterocycles. The van der Waals surface area contributed by atoms with Crippen molar-refractivity contribution in [1.82, 2.24) is 0 Å². The standard InChI is InChI=1S/C19H24OS.ClH/c1-19(2,3)17-12-16(10-11-18(17)20)14-21(4)13-15-8-6-5-7-9-15;/h5-12H,13-14H2,1-4H3;1H. The second-order valence-electron chi connectivity index (χ2n) is 6.66. The fourth-order valence-corrected chi connectivity index (χ4v) is 4.08. The Bertz CT molecular complexity index is 590. The van der Waals surface area contributed by atoms with Crippen LogP contribution >= 0.6 is 0 Å². The molecule has 22 heavy (non-hydrogen) atoms. The Labute approximate surface area is 143 Å². The summed E-state index contributed by atoms with van der Waals surface area (Å²) in [6.07, 6.45) is 2.32. The fourth-order valence-electron chi connectivity index (χ4n) is 2.47. The molecule has 1 N–H and O–H groups in total.